The minimum atomic E-state index is -0.806. The second-order valence-electron chi connectivity index (χ2n) is 5.34. The highest BCUT2D eigenvalue weighted by Crippen LogP contribution is 2.26. The molecule has 1 aromatic carbocycles. The number of hydrogen-bond acceptors (Lipinski definition) is 3. The molecule has 0 atom stereocenters. The Hall–Kier alpha value is -1.75. The van der Waals surface area contributed by atoms with Crippen molar-refractivity contribution in [2.75, 3.05) is 11.9 Å². The number of aromatic hydroxyl groups is 1. The SMILES string of the molecule is CCN(C(=O)C(=O)Nc1cc(Cl)ccc1O)C(C)(C)C. The van der Waals surface area contributed by atoms with Crippen LogP contribution in [-0.2, 0) is 9.59 Å². The maximum atomic E-state index is 12.1. The Morgan fingerprint density at radius 1 is 1.35 bits per heavy atom. The van der Waals surface area contributed by atoms with Crippen LogP contribution in [0.2, 0.25) is 5.02 Å². The fourth-order valence-electron chi connectivity index (χ4n) is 1.83. The van der Waals surface area contributed by atoms with Gasteiger partial charge in [0.05, 0.1) is 5.69 Å². The highest BCUT2D eigenvalue weighted by Gasteiger charge is 2.29. The lowest BCUT2D eigenvalue weighted by Crippen LogP contribution is -2.49. The minimum Gasteiger partial charge on any atom is -0.506 e. The molecule has 0 saturated carbocycles. The number of carbonyl (C=O) groups excluding carboxylic acids is 2. The smallest absolute Gasteiger partial charge is 0.314 e. The average Bonchev–Trinajstić information content (AvgIpc) is 2.32. The topological polar surface area (TPSA) is 69.6 Å². The number of rotatable bonds is 2. The van der Waals surface area contributed by atoms with Crippen LogP contribution in [0.25, 0.3) is 0 Å². The second kappa shape index (κ2) is 6.13. The van der Waals surface area contributed by atoms with Crippen LogP contribution >= 0.6 is 11.6 Å². The molecule has 2 N–H and O–H groups in total. The van der Waals surface area contributed by atoms with Crippen LogP contribution in [0, 0.1) is 0 Å². The predicted molar refractivity (Wildman–Crippen MR) is 78.9 cm³/mol. The standard InChI is InChI=1S/C14H19ClN2O3/c1-5-17(14(2,3)4)13(20)12(19)16-10-8-9(15)6-7-11(10)18/h6-8,18H,5H2,1-4H3,(H,16,19). The molecule has 0 spiro atoms. The molecule has 0 aliphatic rings. The van der Waals surface area contributed by atoms with E-state index in [2.05, 4.69) is 5.32 Å². The second-order valence-corrected chi connectivity index (χ2v) is 5.77. The zero-order valence-corrected chi connectivity index (χ0v) is 12.8. The van der Waals surface area contributed by atoms with Crippen molar-refractivity contribution in [2.24, 2.45) is 0 Å². The fraction of sp³-hybridized carbons (Fsp3) is 0.429. The lowest BCUT2D eigenvalue weighted by Gasteiger charge is -2.34. The molecular formula is C14H19ClN2O3. The largest absolute Gasteiger partial charge is 0.506 e. The first-order valence-electron chi connectivity index (χ1n) is 6.28. The molecule has 20 heavy (non-hydrogen) atoms. The number of hydrogen-bond donors (Lipinski definition) is 2. The van der Waals surface area contributed by atoms with Crippen LogP contribution in [0.5, 0.6) is 5.75 Å². The summed E-state index contributed by atoms with van der Waals surface area (Å²) in [6.07, 6.45) is 0. The summed E-state index contributed by atoms with van der Waals surface area (Å²) in [5.41, 5.74) is -0.347. The molecule has 0 fully saturated rings. The first-order chi connectivity index (χ1) is 9.16. The number of benzene rings is 1. The first kappa shape index (κ1) is 16.3. The molecule has 6 heteroatoms. The summed E-state index contributed by atoms with van der Waals surface area (Å²) in [6, 6.07) is 4.22. The number of phenols is 1. The molecule has 0 bridgehead atoms. The number of amides is 2. The molecule has 0 aliphatic heterocycles. The maximum Gasteiger partial charge on any atom is 0.314 e. The van der Waals surface area contributed by atoms with Gasteiger partial charge in [0.1, 0.15) is 5.75 Å². The zero-order chi connectivity index (χ0) is 15.5. The van der Waals surface area contributed by atoms with Crippen molar-refractivity contribution in [3.8, 4) is 5.75 Å². The Morgan fingerprint density at radius 3 is 2.45 bits per heavy atom. The van der Waals surface area contributed by atoms with Crippen molar-refractivity contribution in [3.05, 3.63) is 23.2 Å². The Kier molecular flexibility index (Phi) is 5.00. The van der Waals surface area contributed by atoms with E-state index in [1.165, 1.54) is 23.1 Å². The van der Waals surface area contributed by atoms with Crippen molar-refractivity contribution in [1.29, 1.82) is 0 Å². The van der Waals surface area contributed by atoms with E-state index in [-0.39, 0.29) is 11.4 Å². The van der Waals surface area contributed by atoms with E-state index in [9.17, 15) is 14.7 Å². The summed E-state index contributed by atoms with van der Waals surface area (Å²) >= 11 is 5.78. The molecule has 0 saturated heterocycles. The lowest BCUT2D eigenvalue weighted by molar-refractivity contribution is -0.146. The first-order valence-corrected chi connectivity index (χ1v) is 6.66. The number of halogens is 1. The summed E-state index contributed by atoms with van der Waals surface area (Å²) in [6.45, 7) is 7.75. The van der Waals surface area contributed by atoms with Gasteiger partial charge in [0.25, 0.3) is 0 Å². The summed E-state index contributed by atoms with van der Waals surface area (Å²) in [5, 5.41) is 12.4. The zero-order valence-electron chi connectivity index (χ0n) is 12.0. The molecule has 0 heterocycles. The number of anilines is 1. The molecule has 0 aliphatic carbocycles. The summed E-state index contributed by atoms with van der Waals surface area (Å²) in [5.74, 6) is -1.60. The quantitative estimate of drug-likeness (QED) is 0.651. The van der Waals surface area contributed by atoms with Crippen LogP contribution in [0.4, 0.5) is 5.69 Å². The molecule has 5 nitrogen and oxygen atoms in total. The number of phenolic OH excluding ortho intramolecular Hbond substituents is 1. The van der Waals surface area contributed by atoms with Crippen molar-refractivity contribution < 1.29 is 14.7 Å². The summed E-state index contributed by atoms with van der Waals surface area (Å²) < 4.78 is 0. The van der Waals surface area contributed by atoms with Crippen LogP contribution in [0.3, 0.4) is 0 Å². The van der Waals surface area contributed by atoms with Gasteiger partial charge >= 0.3 is 11.8 Å². The van der Waals surface area contributed by atoms with Crippen LogP contribution in [-0.4, -0.2) is 33.9 Å². The van der Waals surface area contributed by atoms with Crippen molar-refractivity contribution in [3.63, 3.8) is 0 Å². The van der Waals surface area contributed by atoms with Crippen LogP contribution in [0.1, 0.15) is 27.7 Å². The van der Waals surface area contributed by atoms with Gasteiger partial charge in [0.15, 0.2) is 0 Å². The Morgan fingerprint density at radius 2 is 1.95 bits per heavy atom. The number of nitrogens with zero attached hydrogens (tertiary/aromatic N) is 1. The van der Waals surface area contributed by atoms with Gasteiger partial charge in [0.2, 0.25) is 0 Å². The van der Waals surface area contributed by atoms with E-state index in [0.29, 0.717) is 11.6 Å². The van der Waals surface area contributed by atoms with Gasteiger partial charge in [-0.2, -0.15) is 0 Å². The van der Waals surface area contributed by atoms with Crippen LogP contribution < -0.4 is 5.32 Å². The normalized spacial score (nSPS) is 11.1. The number of likely N-dealkylation sites (N-methyl/N-ethyl adjacent to an activating group) is 1. The van der Waals surface area contributed by atoms with E-state index in [4.69, 9.17) is 11.6 Å². The van der Waals surface area contributed by atoms with E-state index >= 15 is 0 Å². The molecule has 1 rings (SSSR count). The molecule has 0 unspecified atom stereocenters. The van der Waals surface area contributed by atoms with Crippen molar-refractivity contribution in [2.45, 2.75) is 33.2 Å². The Labute approximate surface area is 123 Å². The van der Waals surface area contributed by atoms with Gasteiger partial charge < -0.3 is 15.3 Å². The monoisotopic (exact) mass is 298 g/mol. The van der Waals surface area contributed by atoms with E-state index in [0.717, 1.165) is 0 Å². The molecular weight excluding hydrogens is 280 g/mol. The Balaban J connectivity index is 2.90. The lowest BCUT2D eigenvalue weighted by atomic mass is 10.1. The third-order valence-electron chi connectivity index (χ3n) is 2.77. The average molecular weight is 299 g/mol. The summed E-state index contributed by atoms with van der Waals surface area (Å²) in [7, 11) is 0. The van der Waals surface area contributed by atoms with Gasteiger partial charge in [-0.3, -0.25) is 9.59 Å². The van der Waals surface area contributed by atoms with Crippen LogP contribution in [0.15, 0.2) is 18.2 Å². The molecule has 2 amide bonds. The maximum absolute atomic E-state index is 12.1. The molecule has 110 valence electrons. The van der Waals surface area contributed by atoms with E-state index in [1.807, 2.05) is 20.8 Å². The van der Waals surface area contributed by atoms with Gasteiger partial charge in [0, 0.05) is 17.1 Å². The van der Waals surface area contributed by atoms with E-state index in [1.54, 1.807) is 6.92 Å². The predicted octanol–water partition coefficient (Wildman–Crippen LogP) is 2.63. The van der Waals surface area contributed by atoms with Gasteiger partial charge in [-0.15, -0.1) is 0 Å². The van der Waals surface area contributed by atoms with Gasteiger partial charge in [-0.1, -0.05) is 11.6 Å². The number of nitrogens with one attached hydrogen (secondary N) is 1. The van der Waals surface area contributed by atoms with Gasteiger partial charge in [-0.05, 0) is 45.9 Å². The minimum absolute atomic E-state index is 0.112. The number of carbonyl (C=O) groups is 2. The highest BCUT2D eigenvalue weighted by atomic mass is 35.5. The molecule has 0 aromatic heterocycles. The molecule has 1 aromatic rings. The third kappa shape index (κ3) is 3.87. The van der Waals surface area contributed by atoms with E-state index < -0.39 is 17.4 Å². The third-order valence-corrected chi connectivity index (χ3v) is 3.01. The highest BCUT2D eigenvalue weighted by molar-refractivity contribution is 6.40. The summed E-state index contributed by atoms with van der Waals surface area (Å²) in [4.78, 5) is 25.5. The van der Waals surface area contributed by atoms with Gasteiger partial charge in [-0.25, -0.2) is 0 Å². The molecule has 0 radical (unpaired) electrons. The fourth-order valence-corrected chi connectivity index (χ4v) is 2.00. The Bertz CT molecular complexity index is 524. The van der Waals surface area contributed by atoms with Crippen molar-refractivity contribution in [1.82, 2.24) is 4.90 Å². The van der Waals surface area contributed by atoms with Crippen molar-refractivity contribution >= 4 is 29.1 Å².